The Morgan fingerprint density at radius 3 is 2.29 bits per heavy atom. The smallest absolute Gasteiger partial charge is 0.327 e. The molecule has 0 aliphatic heterocycles. The molecular formula is C10H13INO4P. The summed E-state index contributed by atoms with van der Waals surface area (Å²) in [6, 6.07) is 8.99. The average molecular weight is 369 g/mol. The first kappa shape index (κ1) is 14.6. The highest BCUT2D eigenvalue weighted by molar-refractivity contribution is 14.1. The van der Waals surface area contributed by atoms with Gasteiger partial charge in [-0.05, 0) is 12.0 Å². The second-order valence-corrected chi connectivity index (χ2v) is 7.53. The van der Waals surface area contributed by atoms with Crippen molar-refractivity contribution in [2.75, 3.05) is 6.16 Å². The van der Waals surface area contributed by atoms with Crippen molar-refractivity contribution < 1.29 is 19.1 Å². The number of primary amides is 1. The number of benzene rings is 1. The topological polar surface area (TPSA) is 101 Å². The molecule has 0 aliphatic carbocycles. The first-order valence-electron chi connectivity index (χ1n) is 4.80. The highest BCUT2D eigenvalue weighted by Gasteiger charge is 2.40. The predicted octanol–water partition coefficient (Wildman–Crippen LogP) is 1.07. The van der Waals surface area contributed by atoms with Gasteiger partial charge in [0.1, 0.15) is 3.42 Å². The fourth-order valence-corrected chi connectivity index (χ4v) is 4.16. The van der Waals surface area contributed by atoms with Crippen LogP contribution in [0.25, 0.3) is 0 Å². The maximum Gasteiger partial charge on any atom is 0.327 e. The molecule has 1 unspecified atom stereocenters. The molecule has 0 saturated heterocycles. The average Bonchev–Trinajstić information content (AvgIpc) is 2.15. The number of carbonyl (C=O) groups excluding carboxylic acids is 1. The highest BCUT2D eigenvalue weighted by atomic mass is 127. The van der Waals surface area contributed by atoms with Gasteiger partial charge in [-0.2, -0.15) is 0 Å². The molecule has 0 aliphatic rings. The third kappa shape index (κ3) is 4.75. The lowest BCUT2D eigenvalue weighted by molar-refractivity contribution is -0.119. The molecule has 0 aromatic heterocycles. The minimum atomic E-state index is -4.29. The lowest BCUT2D eigenvalue weighted by Gasteiger charge is -2.24. The van der Waals surface area contributed by atoms with E-state index in [-0.39, 0.29) is 6.42 Å². The molecule has 4 N–H and O–H groups in total. The highest BCUT2D eigenvalue weighted by Crippen LogP contribution is 2.43. The summed E-state index contributed by atoms with van der Waals surface area (Å²) in [7, 11) is -4.29. The monoisotopic (exact) mass is 369 g/mol. The molecule has 1 atom stereocenters. The molecule has 5 nitrogen and oxygen atoms in total. The number of carbonyl (C=O) groups is 1. The van der Waals surface area contributed by atoms with E-state index in [4.69, 9.17) is 15.5 Å². The normalized spacial score (nSPS) is 15.2. The zero-order valence-corrected chi connectivity index (χ0v) is 12.0. The summed E-state index contributed by atoms with van der Waals surface area (Å²) in [4.78, 5) is 29.3. The Hall–Kier alpha value is -0.430. The van der Waals surface area contributed by atoms with Crippen molar-refractivity contribution in [3.05, 3.63) is 35.9 Å². The van der Waals surface area contributed by atoms with E-state index in [2.05, 4.69) is 0 Å². The van der Waals surface area contributed by atoms with Crippen molar-refractivity contribution in [1.29, 1.82) is 0 Å². The van der Waals surface area contributed by atoms with Crippen molar-refractivity contribution in [1.82, 2.24) is 0 Å². The molecule has 0 radical (unpaired) electrons. The Labute approximate surface area is 113 Å². The summed E-state index contributed by atoms with van der Waals surface area (Å²) in [6.07, 6.45) is -0.348. The van der Waals surface area contributed by atoms with E-state index in [9.17, 15) is 9.36 Å². The summed E-state index contributed by atoms with van der Waals surface area (Å²) in [5.41, 5.74) is 6.05. The van der Waals surface area contributed by atoms with Crippen LogP contribution in [0, 0.1) is 0 Å². The zero-order valence-electron chi connectivity index (χ0n) is 8.91. The molecule has 0 saturated carbocycles. The van der Waals surface area contributed by atoms with Gasteiger partial charge in [0, 0.05) is 0 Å². The van der Waals surface area contributed by atoms with E-state index in [1.807, 2.05) is 6.07 Å². The molecular weight excluding hydrogens is 356 g/mol. The first-order chi connectivity index (χ1) is 7.73. The van der Waals surface area contributed by atoms with Crippen LogP contribution < -0.4 is 5.73 Å². The number of hydrogen-bond donors (Lipinski definition) is 3. The van der Waals surface area contributed by atoms with Crippen LogP contribution in [0.2, 0.25) is 0 Å². The molecule has 7 heteroatoms. The molecule has 0 bridgehead atoms. The minimum Gasteiger partial charge on any atom is -0.368 e. The van der Waals surface area contributed by atoms with Crippen LogP contribution in [0.15, 0.2) is 30.3 Å². The van der Waals surface area contributed by atoms with Gasteiger partial charge in [-0.15, -0.1) is 0 Å². The second kappa shape index (κ2) is 5.48. The van der Waals surface area contributed by atoms with E-state index in [1.165, 1.54) is 0 Å². The van der Waals surface area contributed by atoms with Gasteiger partial charge >= 0.3 is 7.60 Å². The van der Waals surface area contributed by atoms with Crippen molar-refractivity contribution in [3.8, 4) is 0 Å². The Balaban J connectivity index is 2.94. The molecule has 0 spiro atoms. The maximum absolute atomic E-state index is 11.4. The molecule has 94 valence electrons. The maximum atomic E-state index is 11.4. The van der Waals surface area contributed by atoms with Crippen LogP contribution in [0.1, 0.15) is 5.56 Å². The molecule has 1 amide bonds. The Morgan fingerprint density at radius 1 is 1.35 bits per heavy atom. The van der Waals surface area contributed by atoms with Crippen LogP contribution >= 0.6 is 30.2 Å². The number of amides is 1. The van der Waals surface area contributed by atoms with Gasteiger partial charge in [0.25, 0.3) is 0 Å². The fraction of sp³-hybridized carbons (Fsp3) is 0.300. The lowest BCUT2D eigenvalue weighted by Crippen LogP contribution is -2.43. The van der Waals surface area contributed by atoms with Crippen molar-refractivity contribution in [2.45, 2.75) is 9.84 Å². The van der Waals surface area contributed by atoms with Crippen molar-refractivity contribution in [2.24, 2.45) is 5.73 Å². The number of hydrogen-bond acceptors (Lipinski definition) is 2. The number of halogens is 1. The van der Waals surface area contributed by atoms with Gasteiger partial charge in [0.15, 0.2) is 0 Å². The Morgan fingerprint density at radius 2 is 1.88 bits per heavy atom. The molecule has 0 fully saturated rings. The van der Waals surface area contributed by atoms with E-state index < -0.39 is 23.1 Å². The predicted molar refractivity (Wildman–Crippen MR) is 73.0 cm³/mol. The first-order valence-corrected chi connectivity index (χ1v) is 7.68. The van der Waals surface area contributed by atoms with Crippen LogP contribution in [-0.4, -0.2) is 25.3 Å². The quantitative estimate of drug-likeness (QED) is 0.411. The van der Waals surface area contributed by atoms with Gasteiger partial charge in [0.2, 0.25) is 5.91 Å². The van der Waals surface area contributed by atoms with Gasteiger partial charge in [-0.1, -0.05) is 52.9 Å². The van der Waals surface area contributed by atoms with Gasteiger partial charge in [-0.25, -0.2) is 0 Å². The molecule has 17 heavy (non-hydrogen) atoms. The molecule has 0 heterocycles. The summed E-state index contributed by atoms with van der Waals surface area (Å²) in [5, 5.41) is 0. The van der Waals surface area contributed by atoms with E-state index in [0.717, 1.165) is 5.56 Å². The molecule has 1 rings (SSSR count). The number of rotatable bonds is 5. The van der Waals surface area contributed by atoms with Crippen LogP contribution in [0.5, 0.6) is 0 Å². The third-order valence-electron chi connectivity index (χ3n) is 2.23. The summed E-state index contributed by atoms with van der Waals surface area (Å²) in [6.45, 7) is 0. The van der Waals surface area contributed by atoms with E-state index in [0.29, 0.717) is 0 Å². The van der Waals surface area contributed by atoms with Gasteiger partial charge < -0.3 is 15.5 Å². The summed E-state index contributed by atoms with van der Waals surface area (Å²) < 4.78 is 9.76. The van der Waals surface area contributed by atoms with Crippen molar-refractivity contribution in [3.63, 3.8) is 0 Å². The largest absolute Gasteiger partial charge is 0.368 e. The summed E-state index contributed by atoms with van der Waals surface area (Å²) >= 11 is 1.73. The zero-order chi connectivity index (χ0) is 13.1. The van der Waals surface area contributed by atoms with Crippen LogP contribution in [0.4, 0.5) is 0 Å². The van der Waals surface area contributed by atoms with Gasteiger partial charge in [0.05, 0.1) is 6.16 Å². The van der Waals surface area contributed by atoms with Crippen molar-refractivity contribution >= 4 is 36.1 Å². The van der Waals surface area contributed by atoms with E-state index >= 15 is 0 Å². The number of nitrogens with two attached hydrogens (primary N) is 1. The standard InChI is InChI=1S/C10H13INO4P/c11-10(9(12)13,7-17(14,15)16)6-8-4-2-1-3-5-8/h1-5H,6-7H2,(H2,12,13)(H2,14,15,16). The lowest BCUT2D eigenvalue weighted by atomic mass is 10.0. The number of alkyl halides is 1. The third-order valence-corrected chi connectivity index (χ3v) is 5.07. The fourth-order valence-electron chi connectivity index (χ4n) is 1.47. The molecule has 1 aromatic carbocycles. The van der Waals surface area contributed by atoms with Crippen LogP contribution in [0.3, 0.4) is 0 Å². The Kier molecular flexibility index (Phi) is 4.71. The van der Waals surface area contributed by atoms with E-state index in [1.54, 1.807) is 46.9 Å². The molecule has 1 aromatic rings. The van der Waals surface area contributed by atoms with Crippen LogP contribution in [-0.2, 0) is 15.8 Å². The Bertz CT molecular complexity index is 447. The summed E-state index contributed by atoms with van der Waals surface area (Å²) in [5.74, 6) is -0.717. The van der Waals surface area contributed by atoms with Gasteiger partial charge in [-0.3, -0.25) is 9.36 Å². The second-order valence-electron chi connectivity index (χ2n) is 3.81. The SMILES string of the molecule is NC(=O)C(I)(Cc1ccccc1)CP(=O)(O)O. The minimum absolute atomic E-state index is 0.203.